The summed E-state index contributed by atoms with van der Waals surface area (Å²) in [6.45, 7) is 4.43. The standard InChI is InChI=1S/C15H20FN/c1-10-7-8-11(2)13(9-10)15(17)12-5-3-4-6-14(12)16/h3-6,10-11H,7-9,17H2,1-2H3/b15-13-. The first kappa shape index (κ1) is 12.2. The van der Waals surface area contributed by atoms with Crippen molar-refractivity contribution in [1.82, 2.24) is 0 Å². The number of allylic oxidation sites excluding steroid dienone is 1. The summed E-state index contributed by atoms with van der Waals surface area (Å²) >= 11 is 0. The molecule has 2 atom stereocenters. The van der Waals surface area contributed by atoms with Gasteiger partial charge in [0.2, 0.25) is 0 Å². The van der Waals surface area contributed by atoms with Crippen LogP contribution in [0.4, 0.5) is 4.39 Å². The van der Waals surface area contributed by atoms with Crippen molar-refractivity contribution < 1.29 is 4.39 Å². The van der Waals surface area contributed by atoms with Gasteiger partial charge in [-0.25, -0.2) is 4.39 Å². The highest BCUT2D eigenvalue weighted by atomic mass is 19.1. The fourth-order valence-electron chi connectivity index (χ4n) is 2.62. The van der Waals surface area contributed by atoms with Crippen LogP contribution in [0, 0.1) is 17.7 Å². The number of hydrogen-bond acceptors (Lipinski definition) is 1. The van der Waals surface area contributed by atoms with Gasteiger partial charge in [-0.15, -0.1) is 0 Å². The summed E-state index contributed by atoms with van der Waals surface area (Å²) in [5.74, 6) is 0.917. The molecular formula is C15H20FN. The van der Waals surface area contributed by atoms with Gasteiger partial charge < -0.3 is 5.73 Å². The Morgan fingerprint density at radius 2 is 1.94 bits per heavy atom. The van der Waals surface area contributed by atoms with E-state index in [-0.39, 0.29) is 5.82 Å². The molecule has 0 aliphatic heterocycles. The molecule has 0 radical (unpaired) electrons. The predicted octanol–water partition coefficient (Wildman–Crippen LogP) is 3.95. The number of hydrogen-bond donors (Lipinski definition) is 1. The van der Waals surface area contributed by atoms with E-state index in [1.165, 1.54) is 18.1 Å². The Hall–Kier alpha value is -1.31. The highest BCUT2D eigenvalue weighted by molar-refractivity contribution is 5.66. The molecule has 0 bridgehead atoms. The molecule has 2 N–H and O–H groups in total. The molecule has 1 aliphatic rings. The van der Waals surface area contributed by atoms with Crippen LogP contribution in [-0.4, -0.2) is 0 Å². The molecule has 0 aromatic heterocycles. The van der Waals surface area contributed by atoms with Crippen LogP contribution in [-0.2, 0) is 0 Å². The maximum absolute atomic E-state index is 13.7. The largest absolute Gasteiger partial charge is 0.398 e. The minimum atomic E-state index is -0.220. The lowest BCUT2D eigenvalue weighted by molar-refractivity contribution is 0.387. The van der Waals surface area contributed by atoms with Crippen LogP contribution < -0.4 is 5.73 Å². The molecule has 1 fully saturated rings. The van der Waals surface area contributed by atoms with Crippen LogP contribution in [0.3, 0.4) is 0 Å². The highest BCUT2D eigenvalue weighted by Gasteiger charge is 2.23. The van der Waals surface area contributed by atoms with E-state index in [9.17, 15) is 4.39 Å². The molecule has 1 aliphatic carbocycles. The quantitative estimate of drug-likeness (QED) is 0.781. The van der Waals surface area contributed by atoms with E-state index in [4.69, 9.17) is 5.73 Å². The van der Waals surface area contributed by atoms with Gasteiger partial charge in [-0.2, -0.15) is 0 Å². The third-order valence-corrected chi connectivity index (χ3v) is 3.77. The summed E-state index contributed by atoms with van der Waals surface area (Å²) in [6.07, 6.45) is 3.40. The molecule has 0 amide bonds. The average molecular weight is 233 g/mol. The summed E-state index contributed by atoms with van der Waals surface area (Å²) in [4.78, 5) is 0. The van der Waals surface area contributed by atoms with Crippen molar-refractivity contribution in [3.63, 3.8) is 0 Å². The summed E-state index contributed by atoms with van der Waals surface area (Å²) in [7, 11) is 0. The molecular weight excluding hydrogens is 213 g/mol. The van der Waals surface area contributed by atoms with E-state index >= 15 is 0 Å². The van der Waals surface area contributed by atoms with Crippen molar-refractivity contribution in [3.05, 3.63) is 41.2 Å². The molecule has 1 aromatic carbocycles. The van der Waals surface area contributed by atoms with E-state index in [1.807, 2.05) is 6.07 Å². The van der Waals surface area contributed by atoms with Crippen LogP contribution in [0.25, 0.3) is 5.70 Å². The van der Waals surface area contributed by atoms with Crippen molar-refractivity contribution in [2.45, 2.75) is 33.1 Å². The molecule has 92 valence electrons. The Morgan fingerprint density at radius 3 is 2.65 bits per heavy atom. The SMILES string of the molecule is CC1CCC(C)/C(=C(\N)c2ccccc2F)C1. The van der Waals surface area contributed by atoms with Crippen molar-refractivity contribution in [3.8, 4) is 0 Å². The lowest BCUT2D eigenvalue weighted by atomic mass is 9.78. The first-order valence-corrected chi connectivity index (χ1v) is 6.33. The number of halogens is 1. The zero-order valence-corrected chi connectivity index (χ0v) is 10.5. The lowest BCUT2D eigenvalue weighted by Gasteiger charge is -2.28. The monoisotopic (exact) mass is 233 g/mol. The number of benzene rings is 1. The van der Waals surface area contributed by atoms with E-state index < -0.39 is 0 Å². The van der Waals surface area contributed by atoms with Crippen molar-refractivity contribution in [2.75, 3.05) is 0 Å². The molecule has 2 unspecified atom stereocenters. The normalized spacial score (nSPS) is 27.9. The fourth-order valence-corrected chi connectivity index (χ4v) is 2.62. The summed E-state index contributed by atoms with van der Waals surface area (Å²) in [6, 6.07) is 6.77. The van der Waals surface area contributed by atoms with E-state index in [2.05, 4.69) is 13.8 Å². The minimum Gasteiger partial charge on any atom is -0.398 e. The molecule has 0 spiro atoms. The van der Waals surface area contributed by atoms with Gasteiger partial charge in [0.25, 0.3) is 0 Å². The van der Waals surface area contributed by atoms with Crippen molar-refractivity contribution in [2.24, 2.45) is 17.6 Å². The van der Waals surface area contributed by atoms with Gasteiger partial charge in [0, 0.05) is 11.3 Å². The summed E-state index contributed by atoms with van der Waals surface area (Å²) in [5, 5.41) is 0. The van der Waals surface area contributed by atoms with Gasteiger partial charge in [0.05, 0.1) is 0 Å². The molecule has 0 heterocycles. The molecule has 2 rings (SSSR count). The molecule has 2 heteroatoms. The summed E-state index contributed by atoms with van der Waals surface area (Å²) < 4.78 is 13.7. The smallest absolute Gasteiger partial charge is 0.132 e. The average Bonchev–Trinajstić information content (AvgIpc) is 2.32. The topological polar surface area (TPSA) is 26.0 Å². The minimum absolute atomic E-state index is 0.220. The number of rotatable bonds is 1. The van der Waals surface area contributed by atoms with E-state index in [1.54, 1.807) is 12.1 Å². The first-order chi connectivity index (χ1) is 8.09. The van der Waals surface area contributed by atoms with Crippen LogP contribution in [0.5, 0.6) is 0 Å². The van der Waals surface area contributed by atoms with Gasteiger partial charge in [0.15, 0.2) is 0 Å². The van der Waals surface area contributed by atoms with Crippen LogP contribution in [0.1, 0.15) is 38.7 Å². The zero-order chi connectivity index (χ0) is 12.4. The maximum atomic E-state index is 13.7. The van der Waals surface area contributed by atoms with Crippen LogP contribution >= 0.6 is 0 Å². The molecule has 1 aromatic rings. The molecule has 17 heavy (non-hydrogen) atoms. The lowest BCUT2D eigenvalue weighted by Crippen LogP contribution is -2.17. The first-order valence-electron chi connectivity index (χ1n) is 6.33. The van der Waals surface area contributed by atoms with Crippen molar-refractivity contribution in [1.29, 1.82) is 0 Å². The second-order valence-corrected chi connectivity index (χ2v) is 5.21. The van der Waals surface area contributed by atoms with Crippen molar-refractivity contribution >= 4 is 5.70 Å². The Bertz CT molecular complexity index is 436. The molecule has 1 saturated carbocycles. The third-order valence-electron chi connectivity index (χ3n) is 3.77. The predicted molar refractivity (Wildman–Crippen MR) is 69.7 cm³/mol. The fraction of sp³-hybridized carbons (Fsp3) is 0.467. The second-order valence-electron chi connectivity index (χ2n) is 5.21. The van der Waals surface area contributed by atoms with Crippen LogP contribution in [0.2, 0.25) is 0 Å². The maximum Gasteiger partial charge on any atom is 0.132 e. The Kier molecular flexibility index (Phi) is 3.51. The van der Waals surface area contributed by atoms with E-state index in [0.29, 0.717) is 23.1 Å². The van der Waals surface area contributed by atoms with Crippen LogP contribution in [0.15, 0.2) is 29.8 Å². The van der Waals surface area contributed by atoms with Gasteiger partial charge in [-0.05, 0) is 48.8 Å². The van der Waals surface area contributed by atoms with Gasteiger partial charge in [-0.1, -0.05) is 26.0 Å². The Morgan fingerprint density at radius 1 is 1.24 bits per heavy atom. The van der Waals surface area contributed by atoms with E-state index in [0.717, 1.165) is 12.8 Å². The molecule has 1 nitrogen and oxygen atoms in total. The van der Waals surface area contributed by atoms with Gasteiger partial charge >= 0.3 is 0 Å². The number of nitrogens with two attached hydrogens (primary N) is 1. The highest BCUT2D eigenvalue weighted by Crippen LogP contribution is 2.36. The molecule has 0 saturated heterocycles. The van der Waals surface area contributed by atoms with Gasteiger partial charge in [-0.3, -0.25) is 0 Å². The van der Waals surface area contributed by atoms with Gasteiger partial charge in [0.1, 0.15) is 5.82 Å². The summed E-state index contributed by atoms with van der Waals surface area (Å²) in [5.41, 5.74) is 8.61. The Labute approximate surface area is 103 Å². The second kappa shape index (κ2) is 4.91. The Balaban J connectivity index is 2.40. The third kappa shape index (κ3) is 2.51. The zero-order valence-electron chi connectivity index (χ0n) is 10.5.